The average Bonchev–Trinajstić information content (AvgIpc) is 3.00. The van der Waals surface area contributed by atoms with Crippen LogP contribution in [0.25, 0.3) is 10.2 Å². The van der Waals surface area contributed by atoms with Gasteiger partial charge in [-0.2, -0.15) is 0 Å². The molecular weight excluding hydrogens is 316 g/mol. The van der Waals surface area contributed by atoms with Crippen molar-refractivity contribution in [3.05, 3.63) is 51.9 Å². The van der Waals surface area contributed by atoms with Crippen LogP contribution in [0, 0.1) is 6.92 Å². The van der Waals surface area contributed by atoms with Crippen LogP contribution in [0.2, 0.25) is 0 Å². The van der Waals surface area contributed by atoms with Gasteiger partial charge < -0.3 is 10.1 Å². The second-order valence-corrected chi connectivity index (χ2v) is 5.63. The fourth-order valence-electron chi connectivity index (χ4n) is 2.08. The minimum Gasteiger partial charge on any atom is -0.497 e. The Bertz CT molecular complexity index is 915. The highest BCUT2D eigenvalue weighted by atomic mass is 32.1. The van der Waals surface area contributed by atoms with Gasteiger partial charge in [-0.25, -0.2) is 19.9 Å². The number of amides is 2. The number of hydrogen-bond acceptors (Lipinski definition) is 5. The summed E-state index contributed by atoms with van der Waals surface area (Å²) in [7, 11) is 1.57. The van der Waals surface area contributed by atoms with Gasteiger partial charge in [0.2, 0.25) is 0 Å². The van der Waals surface area contributed by atoms with Gasteiger partial charge in [0.1, 0.15) is 16.4 Å². The van der Waals surface area contributed by atoms with E-state index in [0.29, 0.717) is 27.5 Å². The zero-order valence-corrected chi connectivity index (χ0v) is 13.3. The van der Waals surface area contributed by atoms with E-state index in [2.05, 4.69) is 15.7 Å². The number of rotatable bonds is 3. The summed E-state index contributed by atoms with van der Waals surface area (Å²) in [6.07, 6.45) is 0. The Morgan fingerprint density at radius 1 is 1.26 bits per heavy atom. The molecule has 2 heterocycles. The molecule has 1 aromatic carbocycles. The molecule has 0 saturated heterocycles. The van der Waals surface area contributed by atoms with E-state index in [1.54, 1.807) is 49.7 Å². The lowest BCUT2D eigenvalue weighted by atomic mass is 10.3. The number of nitrogens with one attached hydrogen (secondary N) is 2. The van der Waals surface area contributed by atoms with Crippen molar-refractivity contribution in [2.75, 3.05) is 17.9 Å². The molecule has 2 amide bonds. The molecule has 3 aromatic rings. The highest BCUT2D eigenvalue weighted by Crippen LogP contribution is 2.16. The summed E-state index contributed by atoms with van der Waals surface area (Å²) >= 11 is 1.38. The van der Waals surface area contributed by atoms with Crippen LogP contribution >= 0.6 is 11.3 Å². The van der Waals surface area contributed by atoms with Crippen molar-refractivity contribution in [2.24, 2.45) is 0 Å². The number of hydrogen-bond donors (Lipinski definition) is 2. The van der Waals surface area contributed by atoms with Crippen molar-refractivity contribution in [2.45, 2.75) is 6.92 Å². The van der Waals surface area contributed by atoms with Crippen LogP contribution in [0.4, 0.5) is 10.5 Å². The molecule has 23 heavy (non-hydrogen) atoms. The molecule has 0 bridgehead atoms. The number of urea groups is 1. The number of carbonyl (C=O) groups is 1. The predicted molar refractivity (Wildman–Crippen MR) is 90.0 cm³/mol. The first-order chi connectivity index (χ1) is 11.1. The smallest absolute Gasteiger partial charge is 0.338 e. The first kappa shape index (κ1) is 15.0. The zero-order chi connectivity index (χ0) is 16.4. The maximum absolute atomic E-state index is 12.4. The topological polar surface area (TPSA) is 85.2 Å². The number of benzene rings is 1. The van der Waals surface area contributed by atoms with E-state index in [-0.39, 0.29) is 5.56 Å². The monoisotopic (exact) mass is 330 g/mol. The molecule has 8 heteroatoms. The first-order valence-electron chi connectivity index (χ1n) is 6.77. The summed E-state index contributed by atoms with van der Waals surface area (Å²) in [6.45, 7) is 1.66. The van der Waals surface area contributed by atoms with Gasteiger partial charge in [0.05, 0.1) is 12.5 Å². The molecule has 2 N–H and O–H groups in total. The maximum Gasteiger partial charge on any atom is 0.338 e. The van der Waals surface area contributed by atoms with Crippen molar-refractivity contribution in [3.8, 4) is 5.75 Å². The molecule has 0 fully saturated rings. The molecular formula is C15H14N4O3S. The van der Waals surface area contributed by atoms with Gasteiger partial charge in [0, 0.05) is 5.69 Å². The van der Waals surface area contributed by atoms with Crippen molar-refractivity contribution >= 4 is 33.3 Å². The van der Waals surface area contributed by atoms with E-state index in [1.807, 2.05) is 0 Å². The molecule has 0 aliphatic carbocycles. The minimum atomic E-state index is -0.531. The summed E-state index contributed by atoms with van der Waals surface area (Å²) in [5.74, 6) is 1.10. The van der Waals surface area contributed by atoms with E-state index in [4.69, 9.17) is 4.74 Å². The van der Waals surface area contributed by atoms with Crippen LogP contribution < -0.4 is 21.0 Å². The van der Waals surface area contributed by atoms with Crippen LogP contribution in [0.3, 0.4) is 0 Å². The number of ether oxygens (including phenoxy) is 1. The Balaban J connectivity index is 1.81. The number of thiophene rings is 1. The number of aryl methyl sites for hydroxylation is 1. The van der Waals surface area contributed by atoms with Gasteiger partial charge in [-0.05, 0) is 42.6 Å². The van der Waals surface area contributed by atoms with Crippen LogP contribution in [0.5, 0.6) is 5.75 Å². The largest absolute Gasteiger partial charge is 0.497 e. The van der Waals surface area contributed by atoms with E-state index in [9.17, 15) is 9.59 Å². The van der Waals surface area contributed by atoms with Crippen molar-refractivity contribution in [1.82, 2.24) is 9.66 Å². The van der Waals surface area contributed by atoms with Gasteiger partial charge in [0.15, 0.2) is 0 Å². The molecule has 118 valence electrons. The van der Waals surface area contributed by atoms with Gasteiger partial charge in [0.25, 0.3) is 5.56 Å². The Morgan fingerprint density at radius 2 is 2.00 bits per heavy atom. The van der Waals surface area contributed by atoms with Crippen LogP contribution in [-0.2, 0) is 0 Å². The SMILES string of the molecule is COc1ccc(NC(=O)Nn2c(C)nc3sccc3c2=O)cc1. The standard InChI is InChI=1S/C15H14N4O3S/c1-9-16-13-12(7-8-23-13)14(20)19(9)18-15(21)17-10-3-5-11(22-2)6-4-10/h3-8H,1-2H3,(H2,17,18,21). The molecule has 0 aliphatic heterocycles. The van der Waals surface area contributed by atoms with E-state index >= 15 is 0 Å². The quantitative estimate of drug-likeness (QED) is 0.773. The number of aromatic nitrogens is 2. The molecule has 2 aromatic heterocycles. The molecule has 0 radical (unpaired) electrons. The summed E-state index contributed by atoms with van der Waals surface area (Å²) in [4.78, 5) is 29.4. The molecule has 7 nitrogen and oxygen atoms in total. The predicted octanol–water partition coefficient (Wildman–Crippen LogP) is 2.55. The van der Waals surface area contributed by atoms with Gasteiger partial charge in [-0.15, -0.1) is 11.3 Å². The lowest BCUT2D eigenvalue weighted by Crippen LogP contribution is -2.37. The van der Waals surface area contributed by atoms with Crippen LogP contribution in [-0.4, -0.2) is 22.8 Å². The number of anilines is 1. The normalized spacial score (nSPS) is 10.5. The fourth-order valence-corrected chi connectivity index (χ4v) is 2.88. The third-order valence-corrected chi connectivity index (χ3v) is 4.03. The molecule has 3 rings (SSSR count). The summed E-state index contributed by atoms with van der Waals surface area (Å²) in [5, 5.41) is 4.92. The van der Waals surface area contributed by atoms with Crippen molar-refractivity contribution < 1.29 is 9.53 Å². The summed E-state index contributed by atoms with van der Waals surface area (Å²) < 4.78 is 6.19. The summed E-state index contributed by atoms with van der Waals surface area (Å²) in [6, 6.07) is 8.02. The van der Waals surface area contributed by atoms with Crippen molar-refractivity contribution in [3.63, 3.8) is 0 Å². The number of nitrogens with zero attached hydrogens (tertiary/aromatic N) is 2. The molecule has 0 atom stereocenters. The second kappa shape index (κ2) is 6.09. The third kappa shape index (κ3) is 3.02. The zero-order valence-electron chi connectivity index (χ0n) is 12.5. The minimum absolute atomic E-state index is 0.307. The van der Waals surface area contributed by atoms with Crippen molar-refractivity contribution in [1.29, 1.82) is 0 Å². The summed E-state index contributed by atoms with van der Waals surface area (Å²) in [5.41, 5.74) is 2.78. The van der Waals surface area contributed by atoms with Crippen LogP contribution in [0.1, 0.15) is 5.82 Å². The Morgan fingerprint density at radius 3 is 2.70 bits per heavy atom. The highest BCUT2D eigenvalue weighted by molar-refractivity contribution is 7.16. The van der Waals surface area contributed by atoms with Gasteiger partial charge in [-0.1, -0.05) is 0 Å². The Kier molecular flexibility index (Phi) is 3.98. The van der Waals surface area contributed by atoms with Gasteiger partial charge in [-0.3, -0.25) is 4.79 Å². The Labute approximate surface area is 135 Å². The molecule has 0 unspecified atom stereocenters. The second-order valence-electron chi connectivity index (χ2n) is 4.73. The lowest BCUT2D eigenvalue weighted by Gasteiger charge is -2.12. The number of methoxy groups -OCH3 is 1. The van der Waals surface area contributed by atoms with Crippen LogP contribution in [0.15, 0.2) is 40.5 Å². The highest BCUT2D eigenvalue weighted by Gasteiger charge is 2.11. The molecule has 0 aliphatic rings. The third-order valence-electron chi connectivity index (χ3n) is 3.23. The van der Waals surface area contributed by atoms with E-state index in [1.165, 1.54) is 11.3 Å². The number of fused-ring (bicyclic) bond motifs is 1. The maximum atomic E-state index is 12.4. The molecule has 0 spiro atoms. The Hall–Kier alpha value is -2.87. The average molecular weight is 330 g/mol. The molecule has 0 saturated carbocycles. The lowest BCUT2D eigenvalue weighted by molar-refractivity contribution is 0.259. The van der Waals surface area contributed by atoms with E-state index < -0.39 is 6.03 Å². The van der Waals surface area contributed by atoms with E-state index in [0.717, 1.165) is 4.68 Å². The first-order valence-corrected chi connectivity index (χ1v) is 7.65. The van der Waals surface area contributed by atoms with Gasteiger partial charge >= 0.3 is 6.03 Å². The number of carbonyl (C=O) groups excluding carboxylic acids is 1. The fraction of sp³-hybridized carbons (Fsp3) is 0.133.